The zero-order valence-electron chi connectivity index (χ0n) is 17.4. The van der Waals surface area contributed by atoms with E-state index in [4.69, 9.17) is 18.0 Å². The van der Waals surface area contributed by atoms with Gasteiger partial charge in [0.25, 0.3) is 5.91 Å². The van der Waals surface area contributed by atoms with E-state index in [0.29, 0.717) is 31.2 Å². The number of pyridine rings is 2. The monoisotopic (exact) mass is 445 g/mol. The SMILES string of the molecule is C#CC(=O)N1CCN(c2ccc(-c3cc(-c4cnn(C)c4)cn4ncc(Cl)c34)cn2)CC1. The number of nitrogens with zero attached hydrogens (tertiary/aromatic N) is 7. The predicted octanol–water partition coefficient (Wildman–Crippen LogP) is 2.73. The number of terminal acetylenes is 1. The van der Waals surface area contributed by atoms with E-state index >= 15 is 0 Å². The molecule has 0 spiro atoms. The Labute approximate surface area is 190 Å². The van der Waals surface area contributed by atoms with E-state index in [-0.39, 0.29) is 5.91 Å². The summed E-state index contributed by atoms with van der Waals surface area (Å²) in [7, 11) is 1.89. The highest BCUT2D eigenvalue weighted by Crippen LogP contribution is 2.34. The number of piperazine rings is 1. The molecule has 0 unspecified atom stereocenters. The van der Waals surface area contributed by atoms with Crippen molar-refractivity contribution in [3.05, 3.63) is 54.2 Å². The second kappa shape index (κ2) is 8.02. The van der Waals surface area contributed by atoms with Crippen LogP contribution in [0.15, 0.2) is 49.2 Å². The maximum Gasteiger partial charge on any atom is 0.298 e. The number of aryl methyl sites for hydroxylation is 1. The van der Waals surface area contributed by atoms with Gasteiger partial charge in [-0.25, -0.2) is 9.50 Å². The molecule has 0 aliphatic carbocycles. The summed E-state index contributed by atoms with van der Waals surface area (Å²) in [4.78, 5) is 20.2. The molecule has 0 saturated carbocycles. The van der Waals surface area contributed by atoms with E-state index in [0.717, 1.165) is 33.6 Å². The maximum absolute atomic E-state index is 11.7. The van der Waals surface area contributed by atoms with E-state index in [1.165, 1.54) is 0 Å². The van der Waals surface area contributed by atoms with Crippen LogP contribution in [-0.4, -0.2) is 61.4 Å². The number of hydrogen-bond acceptors (Lipinski definition) is 5. The van der Waals surface area contributed by atoms with E-state index in [1.54, 1.807) is 20.3 Å². The molecule has 4 aromatic rings. The van der Waals surface area contributed by atoms with Crippen LogP contribution >= 0.6 is 11.6 Å². The van der Waals surface area contributed by atoms with Crippen molar-refractivity contribution in [2.75, 3.05) is 31.1 Å². The molecule has 9 heteroatoms. The quantitative estimate of drug-likeness (QED) is 0.453. The lowest BCUT2D eigenvalue weighted by Crippen LogP contribution is -2.48. The Bertz CT molecular complexity index is 1340. The van der Waals surface area contributed by atoms with Gasteiger partial charge < -0.3 is 9.80 Å². The first-order chi connectivity index (χ1) is 15.5. The van der Waals surface area contributed by atoms with Crippen molar-refractivity contribution < 1.29 is 4.79 Å². The fourth-order valence-electron chi connectivity index (χ4n) is 3.99. The maximum atomic E-state index is 11.7. The van der Waals surface area contributed by atoms with Crippen molar-refractivity contribution in [1.29, 1.82) is 0 Å². The van der Waals surface area contributed by atoms with Crippen molar-refractivity contribution >= 4 is 28.8 Å². The fourth-order valence-corrected chi connectivity index (χ4v) is 4.23. The number of anilines is 1. The average molecular weight is 446 g/mol. The van der Waals surface area contributed by atoms with E-state index in [2.05, 4.69) is 32.1 Å². The molecular weight excluding hydrogens is 426 g/mol. The lowest BCUT2D eigenvalue weighted by Gasteiger charge is -2.34. The van der Waals surface area contributed by atoms with E-state index < -0.39 is 0 Å². The van der Waals surface area contributed by atoms with Gasteiger partial charge in [0.1, 0.15) is 5.82 Å². The summed E-state index contributed by atoms with van der Waals surface area (Å²) in [6.45, 7) is 2.56. The van der Waals surface area contributed by atoms with Gasteiger partial charge in [0.05, 0.1) is 22.9 Å². The minimum Gasteiger partial charge on any atom is -0.353 e. The molecule has 4 aromatic heterocycles. The third kappa shape index (κ3) is 3.57. The molecule has 8 nitrogen and oxygen atoms in total. The number of hydrogen-bond donors (Lipinski definition) is 0. The van der Waals surface area contributed by atoms with Gasteiger partial charge in [-0.1, -0.05) is 11.6 Å². The highest BCUT2D eigenvalue weighted by atomic mass is 35.5. The van der Waals surface area contributed by atoms with Gasteiger partial charge in [-0.3, -0.25) is 9.48 Å². The Hall–Kier alpha value is -3.83. The fraction of sp³-hybridized carbons (Fsp3) is 0.217. The molecule has 0 N–H and O–H groups in total. The van der Waals surface area contributed by atoms with Crippen LogP contribution in [-0.2, 0) is 11.8 Å². The molecule has 0 atom stereocenters. The van der Waals surface area contributed by atoms with Gasteiger partial charge in [-0.2, -0.15) is 10.2 Å². The van der Waals surface area contributed by atoms with Gasteiger partial charge in [0.15, 0.2) is 0 Å². The first-order valence-electron chi connectivity index (χ1n) is 10.2. The van der Waals surface area contributed by atoms with Crippen molar-refractivity contribution in [2.24, 2.45) is 7.05 Å². The summed E-state index contributed by atoms with van der Waals surface area (Å²) in [6.07, 6.45) is 14.4. The summed E-state index contributed by atoms with van der Waals surface area (Å²) in [5.74, 6) is 2.78. The molecule has 1 saturated heterocycles. The Morgan fingerprint density at radius 3 is 2.50 bits per heavy atom. The lowest BCUT2D eigenvalue weighted by atomic mass is 10.0. The largest absolute Gasteiger partial charge is 0.353 e. The zero-order chi connectivity index (χ0) is 22.2. The first kappa shape index (κ1) is 20.1. The molecule has 1 aliphatic rings. The van der Waals surface area contributed by atoms with Crippen LogP contribution in [0.25, 0.3) is 27.8 Å². The molecular formula is C23H20ClN7O. The van der Waals surface area contributed by atoms with Gasteiger partial charge in [0, 0.05) is 74.1 Å². The van der Waals surface area contributed by atoms with Crippen molar-refractivity contribution in [3.8, 4) is 34.6 Å². The molecule has 1 amide bonds. The van der Waals surface area contributed by atoms with Crippen LogP contribution in [0.3, 0.4) is 0 Å². The number of halogens is 1. The Morgan fingerprint density at radius 2 is 1.84 bits per heavy atom. The standard InChI is InChI=1S/C23H20ClN7O/c1-3-22(32)30-8-6-29(7-9-30)21-5-4-16(11-25-21)19-10-17(18-12-26-28(2)14-18)15-31-23(19)20(24)13-27-31/h1,4-5,10-15H,6-9H2,2H3. The Balaban J connectivity index is 1.46. The van der Waals surface area contributed by atoms with Crippen LogP contribution in [0, 0.1) is 12.3 Å². The third-order valence-corrected chi connectivity index (χ3v) is 5.96. The topological polar surface area (TPSA) is 71.6 Å². The summed E-state index contributed by atoms with van der Waals surface area (Å²) in [6, 6.07) is 6.11. The van der Waals surface area contributed by atoms with Crippen LogP contribution < -0.4 is 4.90 Å². The van der Waals surface area contributed by atoms with Crippen LogP contribution in [0.4, 0.5) is 5.82 Å². The summed E-state index contributed by atoms with van der Waals surface area (Å²) >= 11 is 6.46. The van der Waals surface area contributed by atoms with Crippen molar-refractivity contribution in [1.82, 2.24) is 29.3 Å². The summed E-state index contributed by atoms with van der Waals surface area (Å²) in [5, 5.41) is 9.25. The van der Waals surface area contributed by atoms with Crippen molar-refractivity contribution in [2.45, 2.75) is 0 Å². The van der Waals surface area contributed by atoms with Gasteiger partial charge in [0.2, 0.25) is 0 Å². The second-order valence-corrected chi connectivity index (χ2v) is 8.07. The first-order valence-corrected chi connectivity index (χ1v) is 10.5. The van der Waals surface area contributed by atoms with Gasteiger partial charge >= 0.3 is 0 Å². The number of amides is 1. The molecule has 32 heavy (non-hydrogen) atoms. The van der Waals surface area contributed by atoms with E-state index in [9.17, 15) is 4.79 Å². The number of rotatable bonds is 3. The number of carbonyl (C=O) groups excluding carboxylic acids is 1. The number of fused-ring (bicyclic) bond motifs is 1. The summed E-state index contributed by atoms with van der Waals surface area (Å²) in [5.41, 5.74) is 4.69. The third-order valence-electron chi connectivity index (χ3n) is 5.68. The molecule has 0 radical (unpaired) electrons. The van der Waals surface area contributed by atoms with Gasteiger partial charge in [-0.15, -0.1) is 6.42 Å². The minimum absolute atomic E-state index is 0.261. The molecule has 5 rings (SSSR count). The second-order valence-electron chi connectivity index (χ2n) is 7.66. The molecule has 0 bridgehead atoms. The average Bonchev–Trinajstić information content (AvgIpc) is 3.44. The van der Waals surface area contributed by atoms with Crippen LogP contribution in [0.2, 0.25) is 5.02 Å². The Morgan fingerprint density at radius 1 is 1.03 bits per heavy atom. The normalized spacial score (nSPS) is 14.0. The van der Waals surface area contributed by atoms with E-state index in [1.807, 2.05) is 44.0 Å². The molecule has 5 heterocycles. The molecule has 160 valence electrons. The molecule has 1 fully saturated rings. The highest BCUT2D eigenvalue weighted by Gasteiger charge is 2.21. The zero-order valence-corrected chi connectivity index (χ0v) is 18.2. The molecule has 0 aromatic carbocycles. The number of aromatic nitrogens is 5. The minimum atomic E-state index is -0.261. The Kier molecular flexibility index (Phi) is 5.04. The van der Waals surface area contributed by atoms with Gasteiger partial charge in [-0.05, 0) is 24.1 Å². The predicted molar refractivity (Wildman–Crippen MR) is 123 cm³/mol. The smallest absolute Gasteiger partial charge is 0.298 e. The molecule has 1 aliphatic heterocycles. The van der Waals surface area contributed by atoms with Crippen LogP contribution in [0.5, 0.6) is 0 Å². The summed E-state index contributed by atoms with van der Waals surface area (Å²) < 4.78 is 3.55. The number of carbonyl (C=O) groups is 1. The van der Waals surface area contributed by atoms with Crippen LogP contribution in [0.1, 0.15) is 0 Å². The van der Waals surface area contributed by atoms with Crippen molar-refractivity contribution in [3.63, 3.8) is 0 Å². The highest BCUT2D eigenvalue weighted by molar-refractivity contribution is 6.34. The lowest BCUT2D eigenvalue weighted by molar-refractivity contribution is -0.125.